The molecular weight excluding hydrogens is 567 g/mol. The van der Waals surface area contributed by atoms with Gasteiger partial charge in [-0.3, -0.25) is 9.59 Å². The number of nitrogens with one attached hydrogen (secondary N) is 2. The molecule has 1 amide bonds. The minimum Gasteiger partial charge on any atom is -0.466 e. The zero-order chi connectivity index (χ0) is 29.8. The molecule has 41 heavy (non-hydrogen) atoms. The molecule has 2 aliphatic carbocycles. The van der Waals surface area contributed by atoms with E-state index in [2.05, 4.69) is 10.6 Å². The van der Waals surface area contributed by atoms with Crippen LogP contribution in [-0.4, -0.2) is 72.2 Å². The fourth-order valence-corrected chi connectivity index (χ4v) is 6.96. The number of alkyl halides is 2. The van der Waals surface area contributed by atoms with E-state index in [1.54, 1.807) is 6.92 Å². The van der Waals surface area contributed by atoms with Gasteiger partial charge in [0.05, 0.1) is 29.9 Å². The molecule has 0 spiro atoms. The Morgan fingerprint density at radius 1 is 1.05 bits per heavy atom. The van der Waals surface area contributed by atoms with Crippen molar-refractivity contribution in [2.24, 2.45) is 17.8 Å². The van der Waals surface area contributed by atoms with Gasteiger partial charge in [0.15, 0.2) is 0 Å². The molecule has 6 atom stereocenters. The van der Waals surface area contributed by atoms with Crippen molar-refractivity contribution in [3.8, 4) is 0 Å². The van der Waals surface area contributed by atoms with Gasteiger partial charge in [-0.2, -0.15) is 0 Å². The fraction of sp³-hybridized carbons (Fsp3) is 0.710. The summed E-state index contributed by atoms with van der Waals surface area (Å²) in [4.78, 5) is 38.9. The van der Waals surface area contributed by atoms with E-state index in [4.69, 9.17) is 32.7 Å². The van der Waals surface area contributed by atoms with Crippen molar-refractivity contribution >= 4 is 41.0 Å². The highest BCUT2D eigenvalue weighted by Gasteiger charge is 2.46. The number of esters is 2. The molecular formula is C31H46Cl2N2O6. The highest BCUT2D eigenvalue weighted by atomic mass is 35.5. The predicted molar refractivity (Wildman–Crippen MR) is 160 cm³/mol. The van der Waals surface area contributed by atoms with Gasteiger partial charge in [-0.05, 0) is 76.9 Å². The number of carbonyl (C=O) groups excluding carboxylic acids is 3. The van der Waals surface area contributed by atoms with Gasteiger partial charge in [-0.25, -0.2) is 4.79 Å². The lowest BCUT2D eigenvalue weighted by Crippen LogP contribution is -2.54. The van der Waals surface area contributed by atoms with Gasteiger partial charge < -0.3 is 25.2 Å². The topological polar surface area (TPSA) is 114 Å². The molecule has 0 heterocycles. The molecule has 10 heteroatoms. The molecule has 8 nitrogen and oxygen atoms in total. The van der Waals surface area contributed by atoms with Crippen molar-refractivity contribution in [1.29, 1.82) is 0 Å². The minimum absolute atomic E-state index is 0.0956. The first-order chi connectivity index (χ1) is 19.7. The number of hydrogen-bond acceptors (Lipinski definition) is 7. The van der Waals surface area contributed by atoms with Crippen LogP contribution in [0.25, 0.3) is 0 Å². The fourth-order valence-electron chi connectivity index (χ4n) is 5.94. The van der Waals surface area contributed by atoms with Crippen LogP contribution in [0.5, 0.6) is 0 Å². The SMILES string of the molecule is CCOC(=O)C1CCC(OC(=O)[C@H](Cc2ccccc2)NC(=O)C2CC(Cl)C(CCCCCNC)C(Cl)C2O)CC1. The Labute approximate surface area is 254 Å². The Hall–Kier alpha value is -1.87. The number of hydrogen-bond donors (Lipinski definition) is 3. The van der Waals surface area contributed by atoms with Gasteiger partial charge in [0.2, 0.25) is 5.91 Å². The summed E-state index contributed by atoms with van der Waals surface area (Å²) in [5.41, 5.74) is 0.869. The van der Waals surface area contributed by atoms with Crippen molar-refractivity contribution in [3.63, 3.8) is 0 Å². The van der Waals surface area contributed by atoms with Crippen molar-refractivity contribution in [1.82, 2.24) is 10.6 Å². The third-order valence-electron chi connectivity index (χ3n) is 8.35. The number of halogens is 2. The molecule has 1 aromatic carbocycles. The lowest BCUT2D eigenvalue weighted by Gasteiger charge is -2.40. The summed E-state index contributed by atoms with van der Waals surface area (Å²) in [5.74, 6) is -2.29. The molecule has 230 valence electrons. The smallest absolute Gasteiger partial charge is 0.329 e. The summed E-state index contributed by atoms with van der Waals surface area (Å²) in [6.45, 7) is 3.08. The number of benzene rings is 1. The molecule has 0 aromatic heterocycles. The molecule has 2 fully saturated rings. The Morgan fingerprint density at radius 2 is 1.76 bits per heavy atom. The third-order valence-corrected chi connectivity index (χ3v) is 9.44. The van der Waals surface area contributed by atoms with Crippen LogP contribution in [-0.2, 0) is 30.3 Å². The molecule has 3 rings (SSSR count). The van der Waals surface area contributed by atoms with Crippen molar-refractivity contribution in [2.75, 3.05) is 20.2 Å². The number of ether oxygens (including phenoxy) is 2. The summed E-state index contributed by atoms with van der Waals surface area (Å²) < 4.78 is 11.0. The van der Waals surface area contributed by atoms with Gasteiger partial charge in [-0.1, -0.05) is 43.2 Å². The van der Waals surface area contributed by atoms with Crippen LogP contribution in [0.2, 0.25) is 0 Å². The molecule has 0 saturated heterocycles. The monoisotopic (exact) mass is 612 g/mol. The second kappa shape index (κ2) is 17.3. The van der Waals surface area contributed by atoms with Crippen LogP contribution in [0.3, 0.4) is 0 Å². The van der Waals surface area contributed by atoms with Gasteiger partial charge in [-0.15, -0.1) is 23.2 Å². The van der Waals surface area contributed by atoms with Crippen LogP contribution in [0, 0.1) is 17.8 Å². The first-order valence-electron chi connectivity index (χ1n) is 15.1. The second-order valence-corrected chi connectivity index (χ2v) is 12.4. The summed E-state index contributed by atoms with van der Waals surface area (Å²) in [6, 6.07) is 8.46. The van der Waals surface area contributed by atoms with E-state index in [0.29, 0.717) is 32.3 Å². The van der Waals surface area contributed by atoms with Crippen LogP contribution < -0.4 is 10.6 Å². The number of rotatable bonds is 14. The molecule has 0 bridgehead atoms. The summed E-state index contributed by atoms with van der Waals surface area (Å²) in [5, 5.41) is 16.0. The lowest BCUT2D eigenvalue weighted by atomic mass is 9.76. The van der Waals surface area contributed by atoms with Gasteiger partial charge >= 0.3 is 11.9 Å². The highest BCUT2D eigenvalue weighted by molar-refractivity contribution is 6.24. The van der Waals surface area contributed by atoms with Crippen molar-refractivity contribution in [3.05, 3.63) is 35.9 Å². The van der Waals surface area contributed by atoms with E-state index in [9.17, 15) is 19.5 Å². The van der Waals surface area contributed by atoms with Crippen molar-refractivity contribution < 1.29 is 29.0 Å². The second-order valence-electron chi connectivity index (χ2n) is 11.3. The molecule has 5 unspecified atom stereocenters. The van der Waals surface area contributed by atoms with E-state index in [1.807, 2.05) is 37.4 Å². The lowest BCUT2D eigenvalue weighted by molar-refractivity contribution is -0.157. The zero-order valence-corrected chi connectivity index (χ0v) is 25.7. The standard InChI is InChI=1S/C31H46Cl2N2O6/c1-3-40-30(38)21-13-15-22(16-14-21)41-31(39)26(18-20-10-6-4-7-11-20)35-29(37)24-19-25(32)23(27(33)28(24)36)12-8-5-9-17-34-2/h4,6-7,10-11,21-28,34,36H,3,5,8-9,12-19H2,1-2H3,(H,35,37)/t21?,22?,23?,24?,25?,26-,27?,28?/m0/s1. The van der Waals surface area contributed by atoms with Crippen molar-refractivity contribution in [2.45, 2.75) is 100 Å². The summed E-state index contributed by atoms with van der Waals surface area (Å²) in [7, 11) is 1.93. The van der Waals surface area contributed by atoms with E-state index in [1.165, 1.54) is 0 Å². The average molecular weight is 614 g/mol. The maximum absolute atomic E-state index is 13.5. The van der Waals surface area contributed by atoms with Gasteiger partial charge in [0, 0.05) is 11.8 Å². The predicted octanol–water partition coefficient (Wildman–Crippen LogP) is 4.37. The molecule has 2 saturated carbocycles. The van der Waals surface area contributed by atoms with Gasteiger partial charge in [0.25, 0.3) is 0 Å². The number of carbonyl (C=O) groups is 3. The summed E-state index contributed by atoms with van der Waals surface area (Å²) in [6.07, 6.45) is 5.26. The molecule has 3 N–H and O–H groups in total. The minimum atomic E-state index is -1.07. The van der Waals surface area contributed by atoms with E-state index >= 15 is 0 Å². The summed E-state index contributed by atoms with van der Waals surface area (Å²) >= 11 is 13.4. The average Bonchev–Trinajstić information content (AvgIpc) is 2.97. The number of aliphatic hydroxyl groups excluding tert-OH is 1. The Morgan fingerprint density at radius 3 is 2.41 bits per heavy atom. The van der Waals surface area contributed by atoms with Crippen LogP contribution in [0.1, 0.15) is 70.3 Å². The third kappa shape index (κ3) is 10.1. The molecule has 0 aliphatic heterocycles. The zero-order valence-electron chi connectivity index (χ0n) is 24.2. The molecule has 1 aromatic rings. The van der Waals surface area contributed by atoms with Crippen LogP contribution >= 0.6 is 23.2 Å². The van der Waals surface area contributed by atoms with Gasteiger partial charge in [0.1, 0.15) is 12.1 Å². The highest BCUT2D eigenvalue weighted by Crippen LogP contribution is 2.39. The van der Waals surface area contributed by atoms with E-state index in [0.717, 1.165) is 37.8 Å². The maximum atomic E-state index is 13.5. The first kappa shape index (κ1) is 33.6. The number of aliphatic hydroxyl groups is 1. The Kier molecular flexibility index (Phi) is 14.2. The molecule has 0 radical (unpaired) electrons. The first-order valence-corrected chi connectivity index (χ1v) is 15.9. The van der Waals surface area contributed by atoms with E-state index in [-0.39, 0.29) is 42.1 Å². The van der Waals surface area contributed by atoms with Crippen LogP contribution in [0.15, 0.2) is 30.3 Å². The quantitative estimate of drug-likeness (QED) is 0.162. The molecule has 2 aliphatic rings. The Bertz CT molecular complexity index is 959. The van der Waals surface area contributed by atoms with Crippen LogP contribution in [0.4, 0.5) is 0 Å². The largest absolute Gasteiger partial charge is 0.466 e. The Balaban J connectivity index is 1.61. The van der Waals surface area contributed by atoms with E-state index < -0.39 is 35.3 Å². The normalized spacial score (nSPS) is 28.9. The number of unbranched alkanes of at least 4 members (excludes halogenated alkanes) is 2. The number of amides is 1. The maximum Gasteiger partial charge on any atom is 0.329 e.